The summed E-state index contributed by atoms with van der Waals surface area (Å²) in [5.74, 6) is 0.0521. The predicted octanol–water partition coefficient (Wildman–Crippen LogP) is 0.950. The highest BCUT2D eigenvalue weighted by molar-refractivity contribution is 7.89. The van der Waals surface area contributed by atoms with Gasteiger partial charge in [0.15, 0.2) is 0 Å². The van der Waals surface area contributed by atoms with E-state index in [-0.39, 0.29) is 29.6 Å². The van der Waals surface area contributed by atoms with Crippen molar-refractivity contribution in [1.29, 1.82) is 0 Å². The highest BCUT2D eigenvalue weighted by atomic mass is 32.2. The van der Waals surface area contributed by atoms with Crippen LogP contribution in [0.4, 0.5) is 5.82 Å². The van der Waals surface area contributed by atoms with Gasteiger partial charge in [-0.1, -0.05) is 0 Å². The number of amides is 1. The van der Waals surface area contributed by atoms with Gasteiger partial charge in [0.25, 0.3) is 5.91 Å². The van der Waals surface area contributed by atoms with Crippen molar-refractivity contribution in [3.8, 4) is 0 Å². The minimum atomic E-state index is -3.76. The molecule has 31 heavy (non-hydrogen) atoms. The third-order valence-corrected chi connectivity index (χ3v) is 7.80. The molecule has 3 aromatic heterocycles. The maximum Gasteiger partial charge on any atom is 0.268 e. The van der Waals surface area contributed by atoms with E-state index in [1.54, 1.807) is 41.7 Å². The molecule has 0 saturated heterocycles. The van der Waals surface area contributed by atoms with Crippen molar-refractivity contribution in [1.82, 2.24) is 29.0 Å². The average Bonchev–Trinajstić information content (AvgIpc) is 3.33. The molecule has 3 aromatic rings. The van der Waals surface area contributed by atoms with Crippen LogP contribution in [0.5, 0.6) is 0 Å². The fourth-order valence-electron chi connectivity index (χ4n) is 3.71. The molecule has 1 aliphatic rings. The fourth-order valence-corrected chi connectivity index (χ4v) is 5.38. The number of hydrogen-bond donors (Lipinski definition) is 2. The fraction of sp³-hybridized carbons (Fsp3) is 0.350. The van der Waals surface area contributed by atoms with Gasteiger partial charge in [-0.2, -0.15) is 9.40 Å². The summed E-state index contributed by atoms with van der Waals surface area (Å²) in [6.45, 7) is 4.88. The Bertz CT molecular complexity index is 1260. The van der Waals surface area contributed by atoms with E-state index >= 15 is 0 Å². The summed E-state index contributed by atoms with van der Waals surface area (Å²) in [6, 6.07) is 5.05. The van der Waals surface area contributed by atoms with Crippen molar-refractivity contribution in [2.45, 2.75) is 38.4 Å². The zero-order valence-electron chi connectivity index (χ0n) is 17.7. The third kappa shape index (κ3) is 3.70. The van der Waals surface area contributed by atoms with E-state index in [9.17, 15) is 13.2 Å². The van der Waals surface area contributed by atoms with Gasteiger partial charge in [0.1, 0.15) is 16.4 Å². The van der Waals surface area contributed by atoms with Gasteiger partial charge in [-0.15, -0.1) is 0 Å². The van der Waals surface area contributed by atoms with E-state index in [2.05, 4.69) is 15.4 Å². The van der Waals surface area contributed by atoms with Gasteiger partial charge in [-0.05, 0) is 43.2 Å². The van der Waals surface area contributed by atoms with Crippen molar-refractivity contribution in [3.63, 3.8) is 0 Å². The van der Waals surface area contributed by atoms with Crippen molar-refractivity contribution >= 4 is 21.7 Å². The molecule has 11 heteroatoms. The Kier molecular flexibility index (Phi) is 5.31. The smallest absolute Gasteiger partial charge is 0.268 e. The largest absolute Gasteiger partial charge is 0.383 e. The van der Waals surface area contributed by atoms with Gasteiger partial charge in [0.05, 0.1) is 18.8 Å². The Labute approximate surface area is 180 Å². The number of fused-ring (bicyclic) bond motifs is 1. The van der Waals surface area contributed by atoms with E-state index in [4.69, 9.17) is 5.73 Å². The second kappa shape index (κ2) is 7.82. The third-order valence-electron chi connectivity index (χ3n) is 5.84. The molecule has 4 heterocycles. The number of nitrogens with two attached hydrogens (primary N) is 1. The number of hydrogen-bond acceptors (Lipinski definition) is 6. The van der Waals surface area contributed by atoms with Crippen molar-refractivity contribution in [2.75, 3.05) is 12.3 Å². The number of pyridine rings is 1. The first-order valence-electron chi connectivity index (χ1n) is 9.85. The van der Waals surface area contributed by atoms with Gasteiger partial charge < -0.3 is 15.6 Å². The van der Waals surface area contributed by atoms with E-state index < -0.39 is 10.0 Å². The molecule has 4 rings (SSSR count). The zero-order chi connectivity index (χ0) is 22.3. The van der Waals surface area contributed by atoms with Crippen LogP contribution in [0, 0.1) is 13.8 Å². The van der Waals surface area contributed by atoms with E-state index in [0.29, 0.717) is 24.6 Å². The number of nitrogen functional groups attached to an aromatic ring is 1. The van der Waals surface area contributed by atoms with Crippen LogP contribution in [-0.4, -0.2) is 44.5 Å². The van der Waals surface area contributed by atoms with Crippen LogP contribution in [0.25, 0.3) is 0 Å². The monoisotopic (exact) mass is 443 g/mol. The molecule has 10 nitrogen and oxygen atoms in total. The highest BCUT2D eigenvalue weighted by Gasteiger charge is 2.32. The molecule has 3 N–H and O–H groups in total. The van der Waals surface area contributed by atoms with Crippen molar-refractivity contribution in [3.05, 3.63) is 58.8 Å². The summed E-state index contributed by atoms with van der Waals surface area (Å²) in [5.41, 5.74) is 9.10. The number of sulfonamides is 1. The second-order valence-electron chi connectivity index (χ2n) is 7.59. The highest BCUT2D eigenvalue weighted by Crippen LogP contribution is 2.26. The van der Waals surface area contributed by atoms with Crippen LogP contribution in [0.1, 0.15) is 33.0 Å². The van der Waals surface area contributed by atoms with Gasteiger partial charge in [0, 0.05) is 38.2 Å². The molecule has 0 aromatic carbocycles. The second-order valence-corrected chi connectivity index (χ2v) is 9.49. The van der Waals surface area contributed by atoms with Crippen molar-refractivity contribution < 1.29 is 13.2 Å². The number of nitrogens with zero attached hydrogens (tertiary/aromatic N) is 5. The van der Waals surface area contributed by atoms with Gasteiger partial charge in [-0.25, -0.2) is 13.4 Å². The lowest BCUT2D eigenvalue weighted by Gasteiger charge is -2.26. The first-order chi connectivity index (χ1) is 14.7. The average molecular weight is 444 g/mol. The van der Waals surface area contributed by atoms with Crippen LogP contribution in [0.2, 0.25) is 0 Å². The Morgan fingerprint density at radius 2 is 2.00 bits per heavy atom. The first-order valence-corrected chi connectivity index (χ1v) is 11.3. The SMILES string of the molecule is Cc1c(CNC(=O)c2cc(S(=O)(=O)N3CCn4nccc4C3)c(C)n2C)ccnc1N. The maximum absolute atomic E-state index is 13.3. The maximum atomic E-state index is 13.3. The lowest BCUT2D eigenvalue weighted by molar-refractivity contribution is 0.0942. The molecule has 1 aliphatic heterocycles. The number of carbonyl (C=O) groups is 1. The number of aromatic nitrogens is 4. The zero-order valence-corrected chi connectivity index (χ0v) is 18.5. The van der Waals surface area contributed by atoms with Crippen molar-refractivity contribution in [2.24, 2.45) is 7.05 Å². The molecule has 0 spiro atoms. The molecule has 0 radical (unpaired) electrons. The lowest BCUT2D eigenvalue weighted by Crippen LogP contribution is -2.38. The predicted molar refractivity (Wildman–Crippen MR) is 115 cm³/mol. The minimum Gasteiger partial charge on any atom is -0.383 e. The topological polar surface area (TPSA) is 128 Å². The van der Waals surface area contributed by atoms with Crippen LogP contribution in [-0.2, 0) is 36.7 Å². The molecule has 1 amide bonds. The summed E-state index contributed by atoms with van der Waals surface area (Å²) in [7, 11) is -2.08. The quantitative estimate of drug-likeness (QED) is 0.604. The van der Waals surface area contributed by atoms with Crippen LogP contribution in [0.15, 0.2) is 35.5 Å². The van der Waals surface area contributed by atoms with Crippen LogP contribution in [0.3, 0.4) is 0 Å². The Balaban J connectivity index is 1.56. The molecular formula is C20H25N7O3S. The van der Waals surface area contributed by atoms with Gasteiger partial charge in [0.2, 0.25) is 10.0 Å². The molecule has 164 valence electrons. The standard InChI is InChI=1S/C20H25N7O3S/c1-13-15(4-6-22-19(13)21)11-23-20(28)17-10-18(14(2)25(17)3)31(29,30)26-8-9-27-16(12-26)5-7-24-27/h4-7,10H,8-9,11-12H2,1-3H3,(H2,21,22)(H,23,28). The molecular weight excluding hydrogens is 418 g/mol. The summed E-state index contributed by atoms with van der Waals surface area (Å²) in [5, 5.41) is 7.03. The summed E-state index contributed by atoms with van der Waals surface area (Å²) in [4.78, 5) is 17.0. The Morgan fingerprint density at radius 1 is 1.23 bits per heavy atom. The molecule has 0 fully saturated rings. The molecule has 0 aliphatic carbocycles. The molecule has 0 atom stereocenters. The molecule has 0 unspecified atom stereocenters. The molecule has 0 saturated carbocycles. The first kappa shape index (κ1) is 21.1. The summed E-state index contributed by atoms with van der Waals surface area (Å²) >= 11 is 0. The summed E-state index contributed by atoms with van der Waals surface area (Å²) in [6.07, 6.45) is 3.26. The Hall–Kier alpha value is -3.18. The summed E-state index contributed by atoms with van der Waals surface area (Å²) < 4.78 is 31.5. The number of rotatable bonds is 5. The normalized spacial score (nSPS) is 14.4. The number of nitrogens with one attached hydrogen (secondary N) is 1. The van der Waals surface area contributed by atoms with Crippen LogP contribution < -0.4 is 11.1 Å². The lowest BCUT2D eigenvalue weighted by atomic mass is 10.1. The number of carbonyl (C=O) groups excluding carboxylic acids is 1. The number of anilines is 1. The van der Waals surface area contributed by atoms with Gasteiger partial charge in [-0.3, -0.25) is 9.48 Å². The Morgan fingerprint density at radius 3 is 2.77 bits per heavy atom. The van der Waals surface area contributed by atoms with E-state index in [0.717, 1.165) is 16.8 Å². The van der Waals surface area contributed by atoms with Crippen LogP contribution >= 0.6 is 0 Å². The minimum absolute atomic E-state index is 0.137. The van der Waals surface area contributed by atoms with E-state index in [1.165, 1.54) is 10.4 Å². The molecule has 0 bridgehead atoms. The van der Waals surface area contributed by atoms with Gasteiger partial charge >= 0.3 is 0 Å². The van der Waals surface area contributed by atoms with E-state index in [1.807, 2.05) is 13.0 Å².